The van der Waals surface area contributed by atoms with Crippen LogP contribution in [0.3, 0.4) is 0 Å². The lowest BCUT2D eigenvalue weighted by atomic mass is 10.3. The molecule has 1 aliphatic rings. The normalized spacial score (nSPS) is 16.8. The number of nitrogens with two attached hydrogens (primary N) is 1. The second kappa shape index (κ2) is 4.31. The first-order chi connectivity index (χ1) is 9.47. The second-order valence-electron chi connectivity index (χ2n) is 5.58. The Morgan fingerprint density at radius 3 is 2.50 bits per heavy atom. The molecular weight excluding hydrogens is 258 g/mol. The molecule has 1 saturated carbocycles. The Morgan fingerprint density at radius 2 is 1.95 bits per heavy atom. The van der Waals surface area contributed by atoms with E-state index in [0.717, 1.165) is 18.7 Å². The van der Waals surface area contributed by atoms with Crippen LogP contribution in [0.2, 0.25) is 0 Å². The van der Waals surface area contributed by atoms with Crippen molar-refractivity contribution in [3.63, 3.8) is 0 Å². The highest BCUT2D eigenvalue weighted by molar-refractivity contribution is 5.71. The third kappa shape index (κ3) is 1.66. The lowest BCUT2D eigenvalue weighted by Gasteiger charge is -2.13. The summed E-state index contributed by atoms with van der Waals surface area (Å²) in [5, 5.41) is 0. The fourth-order valence-corrected chi connectivity index (χ4v) is 2.63. The molecule has 2 heterocycles. The Bertz CT molecular complexity index is 794. The van der Waals surface area contributed by atoms with Crippen molar-refractivity contribution in [2.45, 2.75) is 31.7 Å². The molecule has 0 bridgehead atoms. The zero-order valence-electron chi connectivity index (χ0n) is 12.0. The van der Waals surface area contributed by atoms with Gasteiger partial charge in [-0.2, -0.15) is 0 Å². The highest BCUT2D eigenvalue weighted by Crippen LogP contribution is 2.39. The van der Waals surface area contributed by atoms with Gasteiger partial charge in [0.1, 0.15) is 5.82 Å². The van der Waals surface area contributed by atoms with Crippen molar-refractivity contribution in [2.24, 2.45) is 19.8 Å². The maximum absolute atomic E-state index is 12.6. The van der Waals surface area contributed by atoms with Crippen molar-refractivity contribution in [1.82, 2.24) is 18.7 Å². The van der Waals surface area contributed by atoms with Crippen molar-refractivity contribution in [2.75, 3.05) is 6.54 Å². The number of rotatable bonds is 3. The molecular formula is C13H19N5O2. The lowest BCUT2D eigenvalue weighted by Crippen LogP contribution is -2.43. The van der Waals surface area contributed by atoms with Crippen molar-refractivity contribution in [1.29, 1.82) is 0 Å². The zero-order chi connectivity index (χ0) is 14.6. The molecule has 20 heavy (non-hydrogen) atoms. The number of hydrogen-bond donors (Lipinski definition) is 1. The Kier molecular flexibility index (Phi) is 2.82. The molecule has 1 aliphatic carbocycles. The van der Waals surface area contributed by atoms with E-state index in [0.29, 0.717) is 17.1 Å². The van der Waals surface area contributed by atoms with Crippen LogP contribution in [0.1, 0.15) is 37.5 Å². The van der Waals surface area contributed by atoms with Crippen LogP contribution in [-0.4, -0.2) is 25.2 Å². The minimum absolute atomic E-state index is 0.244. The van der Waals surface area contributed by atoms with E-state index in [9.17, 15) is 9.59 Å². The van der Waals surface area contributed by atoms with Crippen LogP contribution in [0.4, 0.5) is 0 Å². The van der Waals surface area contributed by atoms with Gasteiger partial charge in [-0.15, -0.1) is 0 Å². The molecule has 7 heteroatoms. The molecule has 3 rings (SSSR count). The lowest BCUT2D eigenvalue weighted by molar-refractivity contribution is 0.501. The summed E-state index contributed by atoms with van der Waals surface area (Å²) in [5.41, 5.74) is 5.89. The molecule has 2 aromatic rings. The van der Waals surface area contributed by atoms with E-state index >= 15 is 0 Å². The van der Waals surface area contributed by atoms with E-state index in [4.69, 9.17) is 5.73 Å². The summed E-state index contributed by atoms with van der Waals surface area (Å²) < 4.78 is 4.49. The maximum Gasteiger partial charge on any atom is 0.332 e. The summed E-state index contributed by atoms with van der Waals surface area (Å²) in [6.07, 6.45) is 2.19. The quantitative estimate of drug-likeness (QED) is 0.843. The van der Waals surface area contributed by atoms with Crippen molar-refractivity contribution >= 4 is 11.2 Å². The number of hydrogen-bond acceptors (Lipinski definition) is 4. The number of fused-ring (bicyclic) bond motifs is 1. The molecule has 0 aliphatic heterocycles. The van der Waals surface area contributed by atoms with Gasteiger partial charge >= 0.3 is 5.69 Å². The monoisotopic (exact) mass is 277 g/mol. The average Bonchev–Trinajstić information content (AvgIpc) is 3.20. The fourth-order valence-electron chi connectivity index (χ4n) is 2.63. The minimum Gasteiger partial charge on any atom is -0.328 e. The molecule has 0 spiro atoms. The van der Waals surface area contributed by atoms with Gasteiger partial charge in [-0.3, -0.25) is 13.9 Å². The molecule has 0 saturated heterocycles. The molecule has 0 amide bonds. The van der Waals surface area contributed by atoms with E-state index in [1.165, 1.54) is 9.13 Å². The number of imidazole rings is 1. The second-order valence-corrected chi connectivity index (χ2v) is 5.58. The van der Waals surface area contributed by atoms with Crippen molar-refractivity contribution in [3.05, 3.63) is 26.7 Å². The van der Waals surface area contributed by atoms with Gasteiger partial charge in [0.25, 0.3) is 5.56 Å². The van der Waals surface area contributed by atoms with Crippen LogP contribution in [0.25, 0.3) is 11.2 Å². The van der Waals surface area contributed by atoms with Crippen LogP contribution >= 0.6 is 0 Å². The van der Waals surface area contributed by atoms with E-state index in [-0.39, 0.29) is 23.8 Å². The molecule has 2 N–H and O–H groups in total. The Morgan fingerprint density at radius 1 is 1.30 bits per heavy atom. The molecule has 2 aromatic heterocycles. The van der Waals surface area contributed by atoms with Crippen LogP contribution in [0.5, 0.6) is 0 Å². The van der Waals surface area contributed by atoms with Gasteiger partial charge < -0.3 is 10.3 Å². The summed E-state index contributed by atoms with van der Waals surface area (Å²) in [5.74, 6) is 1.31. The smallest absolute Gasteiger partial charge is 0.328 e. The molecule has 1 unspecified atom stereocenters. The summed E-state index contributed by atoms with van der Waals surface area (Å²) in [6, 6.07) is -0.329. The largest absolute Gasteiger partial charge is 0.332 e. The number of nitrogens with zero attached hydrogens (tertiary/aromatic N) is 4. The summed E-state index contributed by atoms with van der Waals surface area (Å²) in [7, 11) is 3.49. The molecule has 0 aromatic carbocycles. The molecule has 108 valence electrons. The van der Waals surface area contributed by atoms with Gasteiger partial charge in [-0.05, 0) is 19.8 Å². The maximum atomic E-state index is 12.6. The third-order valence-corrected chi connectivity index (χ3v) is 4.07. The zero-order valence-corrected chi connectivity index (χ0v) is 12.0. The van der Waals surface area contributed by atoms with Gasteiger partial charge in [0.2, 0.25) is 0 Å². The first-order valence-corrected chi connectivity index (χ1v) is 6.85. The predicted molar refractivity (Wildman–Crippen MR) is 76.0 cm³/mol. The fraction of sp³-hybridized carbons (Fsp3) is 0.615. The van der Waals surface area contributed by atoms with E-state index < -0.39 is 0 Å². The van der Waals surface area contributed by atoms with Gasteiger partial charge in [0, 0.05) is 26.6 Å². The van der Waals surface area contributed by atoms with E-state index in [1.807, 2.05) is 11.6 Å². The molecule has 1 fully saturated rings. The highest BCUT2D eigenvalue weighted by Gasteiger charge is 2.30. The molecule has 1 atom stereocenters. The molecule has 0 radical (unpaired) electrons. The SMILES string of the molecule is CC(CN)n1c(=O)c2c(nc(C3CC3)n2C)n(C)c1=O. The van der Waals surface area contributed by atoms with Crippen molar-refractivity contribution < 1.29 is 0 Å². The van der Waals surface area contributed by atoms with Gasteiger partial charge in [-0.25, -0.2) is 9.78 Å². The number of aryl methyl sites for hydroxylation is 2. The Balaban J connectivity index is 2.42. The van der Waals surface area contributed by atoms with Crippen LogP contribution in [-0.2, 0) is 14.1 Å². The van der Waals surface area contributed by atoms with Crippen LogP contribution < -0.4 is 17.0 Å². The van der Waals surface area contributed by atoms with E-state index in [1.54, 1.807) is 14.0 Å². The Labute approximate surface area is 115 Å². The van der Waals surface area contributed by atoms with E-state index in [2.05, 4.69) is 4.98 Å². The van der Waals surface area contributed by atoms with Gasteiger partial charge in [0.05, 0.1) is 6.04 Å². The average molecular weight is 277 g/mol. The number of aromatic nitrogens is 4. The van der Waals surface area contributed by atoms with Crippen LogP contribution in [0, 0.1) is 0 Å². The third-order valence-electron chi connectivity index (χ3n) is 4.07. The topological polar surface area (TPSA) is 87.8 Å². The summed E-state index contributed by atoms with van der Waals surface area (Å²) >= 11 is 0. The minimum atomic E-state index is -0.360. The van der Waals surface area contributed by atoms with Gasteiger partial charge in [0.15, 0.2) is 11.2 Å². The standard InChI is InChI=1S/C13H19N5O2/c1-7(6-14)18-12(19)9-11(17(3)13(18)20)15-10(16(9)2)8-4-5-8/h7-8H,4-6,14H2,1-3H3. The van der Waals surface area contributed by atoms with Crippen molar-refractivity contribution in [3.8, 4) is 0 Å². The predicted octanol–water partition coefficient (Wildman–Crippen LogP) is -0.169. The first-order valence-electron chi connectivity index (χ1n) is 6.85. The Hall–Kier alpha value is -1.89. The van der Waals surface area contributed by atoms with Gasteiger partial charge in [-0.1, -0.05) is 0 Å². The molecule has 7 nitrogen and oxygen atoms in total. The summed E-state index contributed by atoms with van der Waals surface area (Å²) in [6.45, 7) is 2.01. The van der Waals surface area contributed by atoms with Crippen LogP contribution in [0.15, 0.2) is 9.59 Å². The highest BCUT2D eigenvalue weighted by atomic mass is 16.2. The summed E-state index contributed by atoms with van der Waals surface area (Å²) in [4.78, 5) is 29.4. The first kappa shape index (κ1) is 13.1.